The van der Waals surface area contributed by atoms with Crippen LogP contribution in [-0.2, 0) is 9.84 Å². The number of unbranched alkanes of at least 4 members (excludes halogenated alkanes) is 1. The first kappa shape index (κ1) is 25.1. The second kappa shape index (κ2) is 11.1. The summed E-state index contributed by atoms with van der Waals surface area (Å²) in [6, 6.07) is 3.52. The zero-order valence-electron chi connectivity index (χ0n) is 18.6. The lowest BCUT2D eigenvalue weighted by Gasteiger charge is -2.35. The molecule has 3 rings (SSSR count). The Morgan fingerprint density at radius 3 is 2.56 bits per heavy atom. The smallest absolute Gasteiger partial charge is 0.229 e. The van der Waals surface area contributed by atoms with Gasteiger partial charge in [0.25, 0.3) is 0 Å². The zero-order chi connectivity index (χ0) is 23.3. The van der Waals surface area contributed by atoms with E-state index in [1.165, 1.54) is 37.7 Å². The van der Waals surface area contributed by atoms with Crippen LogP contribution < -0.4 is 9.47 Å². The van der Waals surface area contributed by atoms with Crippen molar-refractivity contribution in [2.45, 2.75) is 61.0 Å². The Morgan fingerprint density at radius 2 is 1.94 bits per heavy atom. The third-order valence-electron chi connectivity index (χ3n) is 5.48. The number of ether oxygens (including phenoxy) is 2. The predicted molar refractivity (Wildman–Crippen MR) is 129 cm³/mol. The molecule has 2 aromatic rings. The highest BCUT2D eigenvalue weighted by Gasteiger charge is 2.25. The van der Waals surface area contributed by atoms with Gasteiger partial charge in [0.05, 0.1) is 14.5 Å². The van der Waals surface area contributed by atoms with Crippen molar-refractivity contribution in [1.29, 1.82) is 0 Å². The van der Waals surface area contributed by atoms with Gasteiger partial charge in [0.15, 0.2) is 21.4 Å². The molecule has 7 nitrogen and oxygen atoms in total. The molecule has 1 fully saturated rings. The van der Waals surface area contributed by atoms with Crippen molar-refractivity contribution in [3.05, 3.63) is 35.9 Å². The van der Waals surface area contributed by atoms with E-state index in [1.807, 2.05) is 0 Å². The largest absolute Gasteiger partial charge is 0.474 e. The number of likely N-dealkylation sites (tertiary alicyclic amines) is 1. The number of alkyl halides is 1. The molecule has 0 radical (unpaired) electrons. The number of hydrogen-bond donors (Lipinski definition) is 0. The molecular formula is C22H29FIN3O4S. The molecule has 2 heterocycles. The highest BCUT2D eigenvalue weighted by Crippen LogP contribution is 2.31. The Morgan fingerprint density at radius 1 is 1.25 bits per heavy atom. The molecule has 32 heavy (non-hydrogen) atoms. The van der Waals surface area contributed by atoms with Gasteiger partial charge in [0, 0.05) is 19.3 Å². The standard InChI is InChI=1S/C22H29FIN3O4S/c1-4-5-6-20(24)27-11-9-16(10-12-27)30-21-15(2)22(26-14-25-21)31-19-8-7-17(13-18(19)23)32(3,28)29/h7-8,13-14,16,20H,4-6,9-12H2,1-3H3. The Bertz CT molecular complexity index is 1030. The summed E-state index contributed by atoms with van der Waals surface area (Å²) in [7, 11) is -3.51. The predicted octanol–water partition coefficient (Wildman–Crippen LogP) is 4.91. The lowest BCUT2D eigenvalue weighted by molar-refractivity contribution is 0.0913. The number of piperidine rings is 1. The van der Waals surface area contributed by atoms with Crippen molar-refractivity contribution in [3.63, 3.8) is 0 Å². The van der Waals surface area contributed by atoms with Crippen molar-refractivity contribution in [2.24, 2.45) is 0 Å². The van der Waals surface area contributed by atoms with Crippen LogP contribution >= 0.6 is 22.6 Å². The van der Waals surface area contributed by atoms with E-state index in [0.717, 1.165) is 38.3 Å². The van der Waals surface area contributed by atoms with Crippen LogP contribution in [0.5, 0.6) is 17.5 Å². The Kier molecular flexibility index (Phi) is 8.68. The molecule has 1 aromatic heterocycles. The maximum Gasteiger partial charge on any atom is 0.229 e. The van der Waals surface area contributed by atoms with E-state index < -0.39 is 15.7 Å². The van der Waals surface area contributed by atoms with Gasteiger partial charge in [-0.25, -0.2) is 22.8 Å². The molecule has 0 saturated carbocycles. The van der Waals surface area contributed by atoms with E-state index in [0.29, 0.717) is 15.5 Å². The van der Waals surface area contributed by atoms with E-state index in [1.54, 1.807) is 6.92 Å². The second-order valence-corrected chi connectivity index (χ2v) is 11.5. The van der Waals surface area contributed by atoms with Crippen molar-refractivity contribution < 1.29 is 22.3 Å². The molecule has 0 aliphatic carbocycles. The molecule has 176 valence electrons. The quantitative estimate of drug-likeness (QED) is 0.238. The number of benzene rings is 1. The normalized spacial score (nSPS) is 16.7. The first-order chi connectivity index (χ1) is 15.2. The van der Waals surface area contributed by atoms with E-state index in [4.69, 9.17) is 9.47 Å². The van der Waals surface area contributed by atoms with Crippen molar-refractivity contribution in [3.8, 4) is 17.5 Å². The third kappa shape index (κ3) is 6.50. The van der Waals surface area contributed by atoms with Gasteiger partial charge in [-0.15, -0.1) is 0 Å². The van der Waals surface area contributed by atoms with Gasteiger partial charge in [-0.1, -0.05) is 42.4 Å². The summed E-state index contributed by atoms with van der Waals surface area (Å²) in [5, 5.41) is 0. The third-order valence-corrected chi connectivity index (χ3v) is 8.00. The number of sulfone groups is 1. The van der Waals surface area contributed by atoms with Crippen LogP contribution in [0.25, 0.3) is 0 Å². The van der Waals surface area contributed by atoms with Gasteiger partial charge in [-0.3, -0.25) is 4.90 Å². The number of nitrogens with zero attached hydrogens (tertiary/aromatic N) is 3. The van der Waals surface area contributed by atoms with Crippen LogP contribution in [0.4, 0.5) is 4.39 Å². The Balaban J connectivity index is 1.64. The average Bonchev–Trinajstić information content (AvgIpc) is 2.76. The minimum Gasteiger partial charge on any atom is -0.474 e. The van der Waals surface area contributed by atoms with E-state index >= 15 is 0 Å². The fraction of sp³-hybridized carbons (Fsp3) is 0.545. The summed E-state index contributed by atoms with van der Waals surface area (Å²) >= 11 is 2.53. The van der Waals surface area contributed by atoms with Crippen LogP contribution in [0.1, 0.15) is 44.6 Å². The van der Waals surface area contributed by atoms with Crippen LogP contribution in [0.15, 0.2) is 29.4 Å². The van der Waals surface area contributed by atoms with Crippen molar-refractivity contribution in [2.75, 3.05) is 19.3 Å². The summed E-state index contributed by atoms with van der Waals surface area (Å²) in [6.45, 7) is 5.93. The number of aromatic nitrogens is 2. The van der Waals surface area contributed by atoms with Crippen LogP contribution in [0.2, 0.25) is 0 Å². The van der Waals surface area contributed by atoms with E-state index in [-0.39, 0.29) is 22.6 Å². The molecule has 0 N–H and O–H groups in total. The fourth-order valence-electron chi connectivity index (χ4n) is 3.53. The van der Waals surface area contributed by atoms with Gasteiger partial charge < -0.3 is 9.47 Å². The van der Waals surface area contributed by atoms with Crippen LogP contribution in [0, 0.1) is 12.7 Å². The maximum absolute atomic E-state index is 14.4. The molecule has 1 saturated heterocycles. The molecule has 1 aliphatic heterocycles. The lowest BCUT2D eigenvalue weighted by atomic mass is 10.1. The first-order valence-corrected chi connectivity index (χ1v) is 13.9. The van der Waals surface area contributed by atoms with Gasteiger partial charge in [-0.05, 0) is 44.4 Å². The zero-order valence-corrected chi connectivity index (χ0v) is 21.5. The highest BCUT2D eigenvalue weighted by molar-refractivity contribution is 14.1. The second-order valence-electron chi connectivity index (χ2n) is 8.01. The van der Waals surface area contributed by atoms with Gasteiger partial charge in [-0.2, -0.15) is 0 Å². The SMILES string of the molecule is CCCCC(I)N1CCC(Oc2ncnc(Oc3ccc(S(C)(=O)=O)cc3F)c2C)CC1. The summed E-state index contributed by atoms with van der Waals surface area (Å²) < 4.78 is 49.9. The molecule has 1 atom stereocenters. The van der Waals surface area contributed by atoms with Crippen molar-refractivity contribution >= 4 is 32.4 Å². The van der Waals surface area contributed by atoms with Gasteiger partial charge >= 0.3 is 0 Å². The monoisotopic (exact) mass is 577 g/mol. The molecular weight excluding hydrogens is 548 g/mol. The molecule has 10 heteroatoms. The fourth-order valence-corrected chi connectivity index (χ4v) is 5.16. The minimum atomic E-state index is -3.51. The van der Waals surface area contributed by atoms with Crippen LogP contribution in [0.3, 0.4) is 0 Å². The molecule has 1 aromatic carbocycles. The average molecular weight is 577 g/mol. The number of halogens is 2. The molecule has 0 spiro atoms. The molecule has 1 unspecified atom stereocenters. The summed E-state index contributed by atoms with van der Waals surface area (Å²) in [6.07, 6.45) is 7.87. The maximum atomic E-state index is 14.4. The minimum absolute atomic E-state index is 0.0493. The van der Waals surface area contributed by atoms with Gasteiger partial charge in [0.1, 0.15) is 12.4 Å². The first-order valence-electron chi connectivity index (χ1n) is 10.7. The summed E-state index contributed by atoms with van der Waals surface area (Å²) in [5.41, 5.74) is 0.566. The Hall–Kier alpha value is -1.53. The topological polar surface area (TPSA) is 81.6 Å². The summed E-state index contributed by atoms with van der Waals surface area (Å²) in [4.78, 5) is 10.7. The number of rotatable bonds is 9. The van der Waals surface area contributed by atoms with E-state index in [2.05, 4.69) is 44.4 Å². The molecule has 0 amide bonds. The molecule has 1 aliphatic rings. The highest BCUT2D eigenvalue weighted by atomic mass is 127. The molecule has 0 bridgehead atoms. The van der Waals surface area contributed by atoms with Gasteiger partial charge in [0.2, 0.25) is 11.8 Å². The lowest BCUT2D eigenvalue weighted by Crippen LogP contribution is -2.41. The summed E-state index contributed by atoms with van der Waals surface area (Å²) in [5.74, 6) is -0.306. The van der Waals surface area contributed by atoms with Crippen molar-refractivity contribution in [1.82, 2.24) is 14.9 Å². The Labute approximate surface area is 202 Å². The number of hydrogen-bond acceptors (Lipinski definition) is 7. The van der Waals surface area contributed by atoms with E-state index in [9.17, 15) is 12.8 Å². The van der Waals surface area contributed by atoms with Crippen LogP contribution in [-0.4, -0.2) is 52.8 Å².